The van der Waals surface area contributed by atoms with Crippen LogP contribution in [0.15, 0.2) is 0 Å². The van der Waals surface area contributed by atoms with E-state index >= 15 is 0 Å². The molecule has 102 valence electrons. The molecule has 0 aliphatic heterocycles. The van der Waals surface area contributed by atoms with Gasteiger partial charge in [-0.3, -0.25) is 9.59 Å². The summed E-state index contributed by atoms with van der Waals surface area (Å²) >= 11 is 0. The van der Waals surface area contributed by atoms with E-state index in [0.717, 1.165) is 0 Å². The maximum Gasteiger partial charge on any atom is 0.320 e. The van der Waals surface area contributed by atoms with E-state index in [9.17, 15) is 18.4 Å². The normalized spacial score (nSPS) is 12.1. The molecule has 0 saturated heterocycles. The molecule has 0 aromatic carbocycles. The Labute approximate surface area is 104 Å². The lowest BCUT2D eigenvalue weighted by molar-refractivity contribution is -0.162. The van der Waals surface area contributed by atoms with E-state index in [1.165, 1.54) is 19.9 Å². The van der Waals surface area contributed by atoms with Gasteiger partial charge in [0.25, 0.3) is 6.43 Å². The number of alkyl halides is 2. The Morgan fingerprint density at radius 2 is 1.61 bits per heavy atom. The van der Waals surface area contributed by atoms with Gasteiger partial charge in [0.2, 0.25) is 0 Å². The highest BCUT2D eigenvalue weighted by Gasteiger charge is 2.35. The van der Waals surface area contributed by atoms with Crippen molar-refractivity contribution in [2.24, 2.45) is 11.8 Å². The maximum atomic E-state index is 12.4. The second kappa shape index (κ2) is 8.39. The van der Waals surface area contributed by atoms with Crippen molar-refractivity contribution in [3.63, 3.8) is 0 Å². The molecule has 0 amide bonds. The average molecular weight is 263 g/mol. The van der Waals surface area contributed by atoms with Crippen LogP contribution in [0.5, 0.6) is 0 Å². The summed E-state index contributed by atoms with van der Waals surface area (Å²) < 4.78 is 34.1. The van der Waals surface area contributed by atoms with Gasteiger partial charge in [-0.15, -0.1) is 0 Å². The molecule has 0 N–H and O–H groups in total. The van der Waals surface area contributed by atoms with Gasteiger partial charge in [-0.2, -0.15) is 5.26 Å². The zero-order valence-electron chi connectivity index (χ0n) is 10.2. The summed E-state index contributed by atoms with van der Waals surface area (Å²) in [6.45, 7) is 3.07. The summed E-state index contributed by atoms with van der Waals surface area (Å²) in [4.78, 5) is 22.9. The Morgan fingerprint density at radius 3 is 1.89 bits per heavy atom. The first kappa shape index (κ1) is 16.3. The van der Waals surface area contributed by atoms with Gasteiger partial charge in [-0.1, -0.05) is 0 Å². The lowest BCUT2D eigenvalue weighted by Gasteiger charge is -2.16. The molecule has 7 heteroatoms. The fourth-order valence-corrected chi connectivity index (χ4v) is 1.24. The fourth-order valence-electron chi connectivity index (χ4n) is 1.24. The van der Waals surface area contributed by atoms with Gasteiger partial charge < -0.3 is 9.47 Å². The molecule has 0 fully saturated rings. The maximum absolute atomic E-state index is 12.4. The van der Waals surface area contributed by atoms with E-state index in [2.05, 4.69) is 9.47 Å². The summed E-state index contributed by atoms with van der Waals surface area (Å²) in [5.74, 6) is -5.08. The van der Waals surface area contributed by atoms with Gasteiger partial charge in [0.1, 0.15) is 5.92 Å². The Kier molecular flexibility index (Phi) is 7.59. The van der Waals surface area contributed by atoms with Crippen molar-refractivity contribution in [3.05, 3.63) is 0 Å². The average Bonchev–Trinajstić information content (AvgIpc) is 2.30. The molecule has 0 aliphatic rings. The van der Waals surface area contributed by atoms with Gasteiger partial charge in [0.15, 0.2) is 5.92 Å². The van der Waals surface area contributed by atoms with Crippen LogP contribution in [0.4, 0.5) is 8.78 Å². The third-order valence-corrected chi connectivity index (χ3v) is 2.10. The van der Waals surface area contributed by atoms with Gasteiger partial charge >= 0.3 is 11.9 Å². The van der Waals surface area contributed by atoms with Crippen LogP contribution in [0, 0.1) is 23.2 Å². The molecule has 0 radical (unpaired) electrons. The zero-order chi connectivity index (χ0) is 14.1. The first-order valence-electron chi connectivity index (χ1n) is 5.48. The smallest absolute Gasteiger partial charge is 0.320 e. The standard InChI is InChI=1S/C11H15F2NO4/c1-3-17-10(15)8(11(16)18-4-2)5-7(6-14)9(12)13/h7-9H,3-5H2,1-2H3. The first-order valence-corrected chi connectivity index (χ1v) is 5.48. The summed E-state index contributed by atoms with van der Waals surface area (Å²) in [5.41, 5.74) is 0. The Hall–Kier alpha value is -1.71. The Morgan fingerprint density at radius 1 is 1.17 bits per heavy atom. The van der Waals surface area contributed by atoms with Crippen molar-refractivity contribution in [1.29, 1.82) is 5.26 Å². The molecular weight excluding hydrogens is 248 g/mol. The minimum absolute atomic E-state index is 0.0145. The molecule has 18 heavy (non-hydrogen) atoms. The number of nitriles is 1. The predicted octanol–water partition coefficient (Wildman–Crippen LogP) is 1.52. The topological polar surface area (TPSA) is 76.4 Å². The van der Waals surface area contributed by atoms with Crippen LogP contribution < -0.4 is 0 Å². The molecule has 0 aromatic rings. The Bertz CT molecular complexity index is 309. The van der Waals surface area contributed by atoms with Crippen LogP contribution in [-0.4, -0.2) is 31.6 Å². The molecule has 1 atom stereocenters. The number of ether oxygens (including phenoxy) is 2. The summed E-state index contributed by atoms with van der Waals surface area (Å²) in [5, 5.41) is 8.53. The number of halogens is 2. The third-order valence-electron chi connectivity index (χ3n) is 2.10. The van der Waals surface area contributed by atoms with Crippen molar-refractivity contribution in [2.45, 2.75) is 26.7 Å². The molecule has 0 spiro atoms. The van der Waals surface area contributed by atoms with Crippen molar-refractivity contribution in [2.75, 3.05) is 13.2 Å². The second-order valence-electron chi connectivity index (χ2n) is 3.36. The number of carbonyl (C=O) groups is 2. The van der Waals surface area contributed by atoms with E-state index in [0.29, 0.717) is 0 Å². The number of rotatable bonds is 7. The molecule has 0 heterocycles. The first-order chi connectivity index (χ1) is 8.47. The number of hydrogen-bond acceptors (Lipinski definition) is 5. The second-order valence-corrected chi connectivity index (χ2v) is 3.36. The van der Waals surface area contributed by atoms with Crippen LogP contribution in [0.1, 0.15) is 20.3 Å². The van der Waals surface area contributed by atoms with Crippen LogP contribution in [-0.2, 0) is 19.1 Å². The summed E-state index contributed by atoms with van der Waals surface area (Å²) in [7, 11) is 0. The van der Waals surface area contributed by atoms with E-state index in [1.807, 2.05) is 0 Å². The van der Waals surface area contributed by atoms with Crippen molar-refractivity contribution >= 4 is 11.9 Å². The number of nitrogens with zero attached hydrogens (tertiary/aromatic N) is 1. The fraction of sp³-hybridized carbons (Fsp3) is 0.727. The molecule has 0 rings (SSSR count). The quantitative estimate of drug-likeness (QED) is 0.514. The lowest BCUT2D eigenvalue weighted by atomic mass is 9.95. The number of carbonyl (C=O) groups excluding carboxylic acids is 2. The van der Waals surface area contributed by atoms with Crippen LogP contribution in [0.2, 0.25) is 0 Å². The van der Waals surface area contributed by atoms with E-state index in [-0.39, 0.29) is 13.2 Å². The third kappa shape index (κ3) is 5.08. The van der Waals surface area contributed by atoms with Gasteiger partial charge in [-0.25, -0.2) is 8.78 Å². The SMILES string of the molecule is CCOC(=O)C(CC(C#N)C(F)F)C(=O)OCC. The van der Waals surface area contributed by atoms with Gasteiger partial charge in [-0.05, 0) is 20.3 Å². The molecule has 0 saturated carbocycles. The monoisotopic (exact) mass is 263 g/mol. The highest BCUT2D eigenvalue weighted by molar-refractivity contribution is 5.94. The minimum atomic E-state index is -2.93. The summed E-state index contributed by atoms with van der Waals surface area (Å²) in [6, 6.07) is 1.36. The van der Waals surface area contributed by atoms with E-state index in [4.69, 9.17) is 5.26 Å². The van der Waals surface area contributed by atoms with Gasteiger partial charge in [0, 0.05) is 0 Å². The van der Waals surface area contributed by atoms with Crippen molar-refractivity contribution in [1.82, 2.24) is 0 Å². The van der Waals surface area contributed by atoms with E-state index < -0.39 is 36.6 Å². The molecule has 0 aromatic heterocycles. The molecule has 5 nitrogen and oxygen atoms in total. The zero-order valence-corrected chi connectivity index (χ0v) is 10.2. The minimum Gasteiger partial charge on any atom is -0.465 e. The lowest BCUT2D eigenvalue weighted by Crippen LogP contribution is -2.31. The summed E-state index contributed by atoms with van der Waals surface area (Å²) in [6.07, 6.45) is -3.53. The molecule has 0 bridgehead atoms. The van der Waals surface area contributed by atoms with Crippen LogP contribution in [0.25, 0.3) is 0 Å². The van der Waals surface area contributed by atoms with Gasteiger partial charge in [0.05, 0.1) is 19.3 Å². The highest BCUT2D eigenvalue weighted by Crippen LogP contribution is 2.21. The number of esters is 2. The molecule has 1 unspecified atom stereocenters. The van der Waals surface area contributed by atoms with E-state index in [1.54, 1.807) is 0 Å². The van der Waals surface area contributed by atoms with Crippen molar-refractivity contribution < 1.29 is 27.8 Å². The Balaban J connectivity index is 4.81. The highest BCUT2D eigenvalue weighted by atomic mass is 19.3. The van der Waals surface area contributed by atoms with Crippen LogP contribution >= 0.6 is 0 Å². The predicted molar refractivity (Wildman–Crippen MR) is 56.5 cm³/mol. The number of hydrogen-bond donors (Lipinski definition) is 0. The molecule has 0 aliphatic carbocycles. The molecular formula is C11H15F2NO4. The van der Waals surface area contributed by atoms with Crippen molar-refractivity contribution in [3.8, 4) is 6.07 Å². The largest absolute Gasteiger partial charge is 0.465 e. The van der Waals surface area contributed by atoms with Crippen LogP contribution in [0.3, 0.4) is 0 Å².